The number of carbonyl (C=O) groups is 1. The summed E-state index contributed by atoms with van der Waals surface area (Å²) in [7, 11) is 3.91. The zero-order valence-electron chi connectivity index (χ0n) is 14.0. The summed E-state index contributed by atoms with van der Waals surface area (Å²) in [5.74, 6) is -0.00199. The number of halogens is 1. The Morgan fingerprint density at radius 1 is 1.12 bits per heavy atom. The molecule has 0 saturated carbocycles. The summed E-state index contributed by atoms with van der Waals surface area (Å²) < 4.78 is 18.2. The number of benzene rings is 2. The third kappa shape index (κ3) is 4.23. The number of aromatic nitrogens is 1. The minimum absolute atomic E-state index is 0.0973. The highest BCUT2D eigenvalue weighted by atomic mass is 19.1. The third-order valence-corrected chi connectivity index (χ3v) is 3.70. The van der Waals surface area contributed by atoms with Crippen molar-refractivity contribution >= 4 is 17.3 Å². The number of anilines is 2. The molecule has 1 aromatic heterocycles. The lowest BCUT2D eigenvalue weighted by molar-refractivity contribution is -0.115. The molecular formula is C19H18FN3O2. The summed E-state index contributed by atoms with van der Waals surface area (Å²) >= 11 is 0. The number of hydrogen-bond acceptors (Lipinski definition) is 4. The molecule has 1 N–H and O–H groups in total. The Morgan fingerprint density at radius 3 is 2.44 bits per heavy atom. The molecular weight excluding hydrogens is 321 g/mol. The van der Waals surface area contributed by atoms with Crippen LogP contribution in [0.5, 0.6) is 0 Å². The largest absolute Gasteiger partial charge is 0.378 e. The normalized spacial score (nSPS) is 10.5. The minimum atomic E-state index is -0.317. The quantitative estimate of drug-likeness (QED) is 0.769. The van der Waals surface area contributed by atoms with Crippen LogP contribution in [0.4, 0.5) is 15.8 Å². The molecule has 0 spiro atoms. The first-order valence-corrected chi connectivity index (χ1v) is 7.80. The van der Waals surface area contributed by atoms with Gasteiger partial charge in [-0.15, -0.1) is 0 Å². The second-order valence-electron chi connectivity index (χ2n) is 5.86. The zero-order valence-corrected chi connectivity index (χ0v) is 14.0. The van der Waals surface area contributed by atoms with Gasteiger partial charge >= 0.3 is 0 Å². The van der Waals surface area contributed by atoms with Crippen molar-refractivity contribution < 1.29 is 13.7 Å². The summed E-state index contributed by atoms with van der Waals surface area (Å²) in [6, 6.07) is 15.1. The summed E-state index contributed by atoms with van der Waals surface area (Å²) in [6.07, 6.45) is 0.0973. The predicted octanol–water partition coefficient (Wildman–Crippen LogP) is 3.73. The van der Waals surface area contributed by atoms with Gasteiger partial charge < -0.3 is 14.7 Å². The Labute approximate surface area is 145 Å². The maximum Gasteiger partial charge on any atom is 0.230 e. The number of amides is 1. The highest BCUT2D eigenvalue weighted by Gasteiger charge is 2.11. The van der Waals surface area contributed by atoms with Crippen LogP contribution in [0.2, 0.25) is 0 Å². The van der Waals surface area contributed by atoms with Crippen LogP contribution in [-0.4, -0.2) is 25.2 Å². The van der Waals surface area contributed by atoms with Crippen molar-refractivity contribution in [3.8, 4) is 11.3 Å². The average molecular weight is 339 g/mol. The number of rotatable bonds is 5. The van der Waals surface area contributed by atoms with Crippen LogP contribution >= 0.6 is 0 Å². The smallest absolute Gasteiger partial charge is 0.230 e. The fraction of sp³-hybridized carbons (Fsp3) is 0.158. The molecule has 25 heavy (non-hydrogen) atoms. The fourth-order valence-electron chi connectivity index (χ4n) is 2.36. The molecule has 0 aliphatic heterocycles. The van der Waals surface area contributed by atoms with E-state index in [1.54, 1.807) is 18.2 Å². The molecule has 3 rings (SSSR count). The van der Waals surface area contributed by atoms with E-state index in [9.17, 15) is 9.18 Å². The van der Waals surface area contributed by atoms with Gasteiger partial charge in [-0.2, -0.15) is 0 Å². The number of nitrogens with one attached hydrogen (secondary N) is 1. The Balaban J connectivity index is 1.62. The highest BCUT2D eigenvalue weighted by molar-refractivity contribution is 5.92. The fourth-order valence-corrected chi connectivity index (χ4v) is 2.36. The van der Waals surface area contributed by atoms with Gasteiger partial charge in [-0.1, -0.05) is 5.16 Å². The number of hydrogen-bond donors (Lipinski definition) is 1. The molecule has 5 nitrogen and oxygen atoms in total. The van der Waals surface area contributed by atoms with E-state index in [2.05, 4.69) is 10.5 Å². The monoisotopic (exact) mass is 339 g/mol. The number of carbonyl (C=O) groups excluding carboxylic acids is 1. The first-order valence-electron chi connectivity index (χ1n) is 7.80. The van der Waals surface area contributed by atoms with E-state index in [1.807, 2.05) is 43.3 Å². The third-order valence-electron chi connectivity index (χ3n) is 3.70. The highest BCUT2D eigenvalue weighted by Crippen LogP contribution is 2.21. The zero-order chi connectivity index (χ0) is 17.8. The second kappa shape index (κ2) is 7.17. The Bertz CT molecular complexity index is 855. The van der Waals surface area contributed by atoms with E-state index in [4.69, 9.17) is 4.52 Å². The molecule has 0 unspecified atom stereocenters. The molecule has 0 aliphatic carbocycles. The van der Waals surface area contributed by atoms with Gasteiger partial charge in [0.15, 0.2) is 5.76 Å². The molecule has 0 bridgehead atoms. The first-order chi connectivity index (χ1) is 12.0. The van der Waals surface area contributed by atoms with Crippen LogP contribution in [0.1, 0.15) is 5.69 Å². The van der Waals surface area contributed by atoms with E-state index in [1.165, 1.54) is 12.1 Å². The van der Waals surface area contributed by atoms with E-state index in [0.29, 0.717) is 17.0 Å². The van der Waals surface area contributed by atoms with Crippen molar-refractivity contribution in [2.45, 2.75) is 6.42 Å². The van der Waals surface area contributed by atoms with Crippen LogP contribution < -0.4 is 10.2 Å². The van der Waals surface area contributed by atoms with Crippen LogP contribution in [0.25, 0.3) is 11.3 Å². The van der Waals surface area contributed by atoms with E-state index in [-0.39, 0.29) is 18.1 Å². The van der Waals surface area contributed by atoms with Crippen LogP contribution in [0.15, 0.2) is 59.1 Å². The lowest BCUT2D eigenvalue weighted by Gasteiger charge is -2.12. The Morgan fingerprint density at radius 2 is 1.80 bits per heavy atom. The van der Waals surface area contributed by atoms with Gasteiger partial charge in [0.25, 0.3) is 0 Å². The van der Waals surface area contributed by atoms with Crippen LogP contribution in [0.3, 0.4) is 0 Å². The lowest BCUT2D eigenvalue weighted by Crippen LogP contribution is -2.15. The molecule has 0 aliphatic rings. The molecule has 3 aromatic rings. The maximum atomic E-state index is 13.0. The van der Waals surface area contributed by atoms with Gasteiger partial charge in [-0.05, 0) is 48.5 Å². The van der Waals surface area contributed by atoms with Gasteiger partial charge in [-0.3, -0.25) is 4.79 Å². The molecule has 1 heterocycles. The average Bonchev–Trinajstić information content (AvgIpc) is 3.04. The van der Waals surface area contributed by atoms with E-state index in [0.717, 1.165) is 11.4 Å². The summed E-state index contributed by atoms with van der Waals surface area (Å²) in [5.41, 5.74) is 3.00. The molecule has 1 amide bonds. The Kier molecular flexibility index (Phi) is 4.79. The van der Waals surface area contributed by atoms with Crippen molar-refractivity contribution in [1.29, 1.82) is 0 Å². The minimum Gasteiger partial charge on any atom is -0.378 e. The van der Waals surface area contributed by atoms with Gasteiger partial charge in [0.1, 0.15) is 5.82 Å². The second-order valence-corrected chi connectivity index (χ2v) is 5.86. The van der Waals surface area contributed by atoms with Crippen molar-refractivity contribution in [2.24, 2.45) is 0 Å². The summed E-state index contributed by atoms with van der Waals surface area (Å²) in [6.45, 7) is 0. The standard InChI is InChI=1S/C19H18FN3O2/c1-23(2)17-9-7-15(8-10-17)21-19(24)12-16-11-18(25-22-16)13-3-5-14(20)6-4-13/h3-11H,12H2,1-2H3,(H,21,24). The van der Waals surface area contributed by atoms with Crippen molar-refractivity contribution in [1.82, 2.24) is 5.16 Å². The Hall–Kier alpha value is -3.15. The van der Waals surface area contributed by atoms with Crippen molar-refractivity contribution in [3.05, 3.63) is 66.1 Å². The van der Waals surface area contributed by atoms with Crippen molar-refractivity contribution in [3.63, 3.8) is 0 Å². The van der Waals surface area contributed by atoms with Gasteiger partial charge in [-0.25, -0.2) is 4.39 Å². The predicted molar refractivity (Wildman–Crippen MR) is 95.0 cm³/mol. The van der Waals surface area contributed by atoms with Gasteiger partial charge in [0.05, 0.1) is 12.1 Å². The molecule has 128 valence electrons. The molecule has 0 fully saturated rings. The first kappa shape index (κ1) is 16.7. The van der Waals surface area contributed by atoms with Crippen molar-refractivity contribution in [2.75, 3.05) is 24.3 Å². The maximum absolute atomic E-state index is 13.0. The van der Waals surface area contributed by atoms with Gasteiger partial charge in [0.2, 0.25) is 5.91 Å². The van der Waals surface area contributed by atoms with Crippen LogP contribution in [0, 0.1) is 5.82 Å². The molecule has 0 atom stereocenters. The van der Waals surface area contributed by atoms with E-state index < -0.39 is 0 Å². The SMILES string of the molecule is CN(C)c1ccc(NC(=O)Cc2cc(-c3ccc(F)cc3)on2)cc1. The molecule has 0 radical (unpaired) electrons. The molecule has 0 saturated heterocycles. The van der Waals surface area contributed by atoms with Crippen LogP contribution in [-0.2, 0) is 11.2 Å². The summed E-state index contributed by atoms with van der Waals surface area (Å²) in [5, 5.41) is 6.72. The molecule has 2 aromatic carbocycles. The summed E-state index contributed by atoms with van der Waals surface area (Å²) in [4.78, 5) is 14.1. The van der Waals surface area contributed by atoms with Gasteiger partial charge in [0, 0.05) is 37.1 Å². The molecule has 6 heteroatoms. The van der Waals surface area contributed by atoms with E-state index >= 15 is 0 Å². The topological polar surface area (TPSA) is 58.4 Å². The lowest BCUT2D eigenvalue weighted by atomic mass is 10.1. The number of nitrogens with zero attached hydrogens (tertiary/aromatic N) is 2.